The lowest BCUT2D eigenvalue weighted by atomic mass is 10.1. The van der Waals surface area contributed by atoms with Gasteiger partial charge in [0.1, 0.15) is 23.0 Å². The third-order valence-electron chi connectivity index (χ3n) is 5.68. The Kier molecular flexibility index (Phi) is 12.4. The standard InChI is InChI=1S/C34H42O4/c1-5-21-35-31-17-19-33(37-23-7-3)29(25-31)15-13-27-9-11-28(12-10-27)14-16-30-26-32(36-22-6-2)18-20-34(30)38-24-8-4/h9-20,25-26H,5-8,21-24H2,1-4H3/b15-13+,16-14+. The van der Waals surface area contributed by atoms with Crippen LogP contribution in [0.3, 0.4) is 0 Å². The normalized spacial score (nSPS) is 11.3. The van der Waals surface area contributed by atoms with Crippen LogP contribution in [0.2, 0.25) is 0 Å². The summed E-state index contributed by atoms with van der Waals surface area (Å²) in [6, 6.07) is 20.5. The van der Waals surface area contributed by atoms with Crippen molar-refractivity contribution in [2.24, 2.45) is 0 Å². The van der Waals surface area contributed by atoms with Gasteiger partial charge >= 0.3 is 0 Å². The molecule has 3 aromatic carbocycles. The summed E-state index contributed by atoms with van der Waals surface area (Å²) >= 11 is 0. The zero-order chi connectivity index (χ0) is 27.0. The summed E-state index contributed by atoms with van der Waals surface area (Å²) in [6.45, 7) is 11.2. The molecule has 0 radical (unpaired) electrons. The highest BCUT2D eigenvalue weighted by Crippen LogP contribution is 2.28. The van der Waals surface area contributed by atoms with E-state index in [0.29, 0.717) is 26.4 Å². The van der Waals surface area contributed by atoms with Crippen molar-refractivity contribution in [2.75, 3.05) is 26.4 Å². The molecule has 0 amide bonds. The van der Waals surface area contributed by atoms with E-state index in [1.807, 2.05) is 36.4 Å². The third kappa shape index (κ3) is 9.33. The largest absolute Gasteiger partial charge is 0.494 e. The lowest BCUT2D eigenvalue weighted by Gasteiger charge is -2.11. The predicted octanol–water partition coefficient (Wildman–Crippen LogP) is 9.18. The molecule has 0 saturated carbocycles. The van der Waals surface area contributed by atoms with Crippen molar-refractivity contribution in [3.8, 4) is 23.0 Å². The molecule has 0 atom stereocenters. The molecule has 0 aliphatic carbocycles. The van der Waals surface area contributed by atoms with E-state index in [-0.39, 0.29) is 0 Å². The van der Waals surface area contributed by atoms with E-state index in [4.69, 9.17) is 18.9 Å². The molecule has 202 valence electrons. The van der Waals surface area contributed by atoms with Gasteiger partial charge in [-0.1, -0.05) is 76.3 Å². The maximum atomic E-state index is 5.96. The number of rotatable bonds is 16. The summed E-state index contributed by atoms with van der Waals surface area (Å²) in [5.74, 6) is 3.47. The number of hydrogen-bond acceptors (Lipinski definition) is 4. The van der Waals surface area contributed by atoms with Gasteiger partial charge in [-0.2, -0.15) is 0 Å². The van der Waals surface area contributed by atoms with E-state index >= 15 is 0 Å². The summed E-state index contributed by atoms with van der Waals surface area (Å²) in [6.07, 6.45) is 12.3. The van der Waals surface area contributed by atoms with E-state index in [9.17, 15) is 0 Å². The molecule has 3 aromatic rings. The Morgan fingerprint density at radius 3 is 1.18 bits per heavy atom. The first-order chi connectivity index (χ1) is 18.7. The molecule has 0 fully saturated rings. The predicted molar refractivity (Wildman–Crippen MR) is 160 cm³/mol. The topological polar surface area (TPSA) is 36.9 Å². The maximum Gasteiger partial charge on any atom is 0.126 e. The summed E-state index contributed by atoms with van der Waals surface area (Å²) in [5, 5.41) is 0. The van der Waals surface area contributed by atoms with Crippen molar-refractivity contribution < 1.29 is 18.9 Å². The van der Waals surface area contributed by atoms with Crippen molar-refractivity contribution >= 4 is 24.3 Å². The van der Waals surface area contributed by atoms with Gasteiger partial charge in [0.2, 0.25) is 0 Å². The quantitative estimate of drug-likeness (QED) is 0.179. The molecule has 0 spiro atoms. The fourth-order valence-electron chi connectivity index (χ4n) is 3.71. The highest BCUT2D eigenvalue weighted by molar-refractivity contribution is 5.76. The van der Waals surface area contributed by atoms with Gasteiger partial charge in [0.25, 0.3) is 0 Å². The fraction of sp³-hybridized carbons (Fsp3) is 0.353. The molecule has 38 heavy (non-hydrogen) atoms. The molecule has 0 unspecified atom stereocenters. The van der Waals surface area contributed by atoms with E-state index in [1.54, 1.807) is 0 Å². The summed E-state index contributed by atoms with van der Waals surface area (Å²) in [7, 11) is 0. The molecule has 0 aliphatic rings. The third-order valence-corrected chi connectivity index (χ3v) is 5.68. The van der Waals surface area contributed by atoms with Gasteiger partial charge in [-0.15, -0.1) is 0 Å². The Bertz CT molecular complexity index is 1070. The Hall–Kier alpha value is -3.66. The van der Waals surface area contributed by atoms with Crippen LogP contribution in [0.4, 0.5) is 0 Å². The Labute approximate surface area is 228 Å². The average Bonchev–Trinajstić information content (AvgIpc) is 2.96. The van der Waals surface area contributed by atoms with Crippen LogP contribution in [-0.4, -0.2) is 26.4 Å². The molecule has 0 aliphatic heterocycles. The number of hydrogen-bond donors (Lipinski definition) is 0. The highest BCUT2D eigenvalue weighted by Gasteiger charge is 2.05. The van der Waals surface area contributed by atoms with Crippen LogP contribution >= 0.6 is 0 Å². The molecule has 0 heterocycles. The van der Waals surface area contributed by atoms with Gasteiger partial charge in [-0.05, 0) is 73.2 Å². The highest BCUT2D eigenvalue weighted by atomic mass is 16.5. The number of benzene rings is 3. The van der Waals surface area contributed by atoms with Gasteiger partial charge in [0.15, 0.2) is 0 Å². The summed E-state index contributed by atoms with van der Waals surface area (Å²) < 4.78 is 23.6. The minimum absolute atomic E-state index is 0.690. The summed E-state index contributed by atoms with van der Waals surface area (Å²) in [4.78, 5) is 0. The molecule has 0 bridgehead atoms. The van der Waals surface area contributed by atoms with Crippen molar-refractivity contribution in [1.29, 1.82) is 0 Å². The first-order valence-electron chi connectivity index (χ1n) is 13.9. The van der Waals surface area contributed by atoms with Crippen molar-refractivity contribution in [1.82, 2.24) is 0 Å². The first-order valence-corrected chi connectivity index (χ1v) is 13.9. The van der Waals surface area contributed by atoms with Crippen molar-refractivity contribution in [2.45, 2.75) is 53.4 Å². The van der Waals surface area contributed by atoms with E-state index < -0.39 is 0 Å². The Morgan fingerprint density at radius 2 is 0.816 bits per heavy atom. The SMILES string of the molecule is CCCOc1ccc(OCCC)c(/C=C/c2ccc(/C=C/c3cc(OCCC)ccc3OCCC)cc2)c1. The van der Waals surface area contributed by atoms with Crippen LogP contribution in [0.5, 0.6) is 23.0 Å². The molecular formula is C34H42O4. The van der Waals surface area contributed by atoms with Gasteiger partial charge in [-0.3, -0.25) is 0 Å². The molecule has 0 aromatic heterocycles. The zero-order valence-electron chi connectivity index (χ0n) is 23.4. The second kappa shape index (κ2) is 16.2. The van der Waals surface area contributed by atoms with E-state index in [1.165, 1.54) is 0 Å². The van der Waals surface area contributed by atoms with Crippen LogP contribution in [0, 0.1) is 0 Å². The zero-order valence-corrected chi connectivity index (χ0v) is 23.4. The van der Waals surface area contributed by atoms with E-state index in [2.05, 4.69) is 76.3 Å². The molecule has 4 heteroatoms. The van der Waals surface area contributed by atoms with Crippen LogP contribution in [0.25, 0.3) is 24.3 Å². The minimum Gasteiger partial charge on any atom is -0.494 e. The van der Waals surface area contributed by atoms with Gasteiger partial charge in [0, 0.05) is 11.1 Å². The lowest BCUT2D eigenvalue weighted by Crippen LogP contribution is -1.99. The van der Waals surface area contributed by atoms with Crippen LogP contribution in [0.1, 0.15) is 75.6 Å². The molecule has 0 saturated heterocycles. The number of ether oxygens (including phenoxy) is 4. The van der Waals surface area contributed by atoms with E-state index in [0.717, 1.165) is 70.9 Å². The fourth-order valence-corrected chi connectivity index (χ4v) is 3.71. The van der Waals surface area contributed by atoms with Crippen molar-refractivity contribution in [3.05, 3.63) is 82.9 Å². The van der Waals surface area contributed by atoms with Gasteiger partial charge in [0.05, 0.1) is 26.4 Å². The first kappa shape index (κ1) is 28.9. The second-order valence-electron chi connectivity index (χ2n) is 9.13. The van der Waals surface area contributed by atoms with Crippen LogP contribution in [0.15, 0.2) is 60.7 Å². The van der Waals surface area contributed by atoms with Crippen LogP contribution in [-0.2, 0) is 0 Å². The monoisotopic (exact) mass is 514 g/mol. The molecular weight excluding hydrogens is 472 g/mol. The lowest BCUT2D eigenvalue weighted by molar-refractivity contribution is 0.308. The molecule has 0 N–H and O–H groups in total. The maximum absolute atomic E-state index is 5.96. The molecule has 3 rings (SSSR count). The van der Waals surface area contributed by atoms with Crippen LogP contribution < -0.4 is 18.9 Å². The Morgan fingerprint density at radius 1 is 0.447 bits per heavy atom. The smallest absolute Gasteiger partial charge is 0.126 e. The van der Waals surface area contributed by atoms with Crippen molar-refractivity contribution in [3.63, 3.8) is 0 Å². The molecule has 4 nitrogen and oxygen atoms in total. The Balaban J connectivity index is 1.75. The van der Waals surface area contributed by atoms with Gasteiger partial charge < -0.3 is 18.9 Å². The summed E-state index contributed by atoms with van der Waals surface area (Å²) in [5.41, 5.74) is 4.26. The average molecular weight is 515 g/mol. The second-order valence-corrected chi connectivity index (χ2v) is 9.13. The van der Waals surface area contributed by atoms with Gasteiger partial charge in [-0.25, -0.2) is 0 Å². The minimum atomic E-state index is 0.690.